The molecule has 1 amide bonds. The van der Waals surface area contributed by atoms with Crippen LogP contribution in [0.1, 0.15) is 25.3 Å². The molecule has 2 aromatic rings. The number of amides is 1. The highest BCUT2D eigenvalue weighted by Gasteiger charge is 2.20. The lowest BCUT2D eigenvalue weighted by Crippen LogP contribution is -2.49. The number of nitrogens with two attached hydrogens (primary N) is 1. The summed E-state index contributed by atoms with van der Waals surface area (Å²) in [5, 5.41) is 8.75. The van der Waals surface area contributed by atoms with Crippen molar-refractivity contribution in [1.29, 1.82) is 0 Å². The number of hydrogen-bond donors (Lipinski definition) is 4. The van der Waals surface area contributed by atoms with Gasteiger partial charge in [-0.15, -0.1) is 24.0 Å². The molecule has 5 N–H and O–H groups in total. The zero-order chi connectivity index (χ0) is 19.9. The molecule has 0 radical (unpaired) electrons. The number of carbonyl (C=O) groups is 1. The van der Waals surface area contributed by atoms with E-state index < -0.39 is 0 Å². The molecule has 1 aliphatic rings. The number of fused-ring (bicyclic) bond motifs is 1. The van der Waals surface area contributed by atoms with Gasteiger partial charge in [-0.2, -0.15) is 0 Å². The Morgan fingerprint density at radius 1 is 1.38 bits per heavy atom. The molecular formula is C20H30ClIN6O. The fourth-order valence-electron chi connectivity index (χ4n) is 3.61. The second kappa shape index (κ2) is 11.6. The largest absolute Gasteiger partial charge is 0.369 e. The lowest BCUT2D eigenvalue weighted by molar-refractivity contribution is -0.119. The number of primary amides is 1. The number of halogens is 2. The van der Waals surface area contributed by atoms with Gasteiger partial charge in [-0.25, -0.2) is 0 Å². The third kappa shape index (κ3) is 7.04. The van der Waals surface area contributed by atoms with Gasteiger partial charge in [0.2, 0.25) is 5.91 Å². The fourth-order valence-corrected chi connectivity index (χ4v) is 3.79. The summed E-state index contributed by atoms with van der Waals surface area (Å²) in [6.45, 7) is 5.65. The van der Waals surface area contributed by atoms with Crippen molar-refractivity contribution in [2.24, 2.45) is 10.7 Å². The summed E-state index contributed by atoms with van der Waals surface area (Å²) in [4.78, 5) is 21.2. The van der Waals surface area contributed by atoms with Crippen molar-refractivity contribution in [3.05, 3.63) is 35.0 Å². The number of likely N-dealkylation sites (tertiary alicyclic amines) is 1. The molecule has 0 aliphatic carbocycles. The Balaban J connectivity index is 0.00000300. The molecule has 1 aromatic heterocycles. The molecule has 2 heterocycles. The summed E-state index contributed by atoms with van der Waals surface area (Å²) in [5.74, 6) is 0.577. The third-order valence-corrected chi connectivity index (χ3v) is 5.27. The minimum absolute atomic E-state index is 0. The van der Waals surface area contributed by atoms with Gasteiger partial charge < -0.3 is 21.4 Å². The second-order valence-electron chi connectivity index (χ2n) is 7.18. The van der Waals surface area contributed by atoms with E-state index in [1.807, 2.05) is 24.4 Å². The molecule has 0 spiro atoms. The predicted molar refractivity (Wildman–Crippen MR) is 130 cm³/mol. The first kappa shape index (κ1) is 23.8. The maximum atomic E-state index is 11.1. The number of aliphatic imine (C=N–C) groups is 1. The first-order valence-electron chi connectivity index (χ1n) is 9.86. The Bertz CT molecular complexity index is 831. The van der Waals surface area contributed by atoms with E-state index in [0.717, 1.165) is 60.8 Å². The summed E-state index contributed by atoms with van der Waals surface area (Å²) in [5.41, 5.74) is 7.59. The molecule has 1 saturated heterocycles. The highest BCUT2D eigenvalue weighted by molar-refractivity contribution is 14.0. The first-order chi connectivity index (χ1) is 13.5. The van der Waals surface area contributed by atoms with Crippen LogP contribution in [-0.4, -0.2) is 60.5 Å². The summed E-state index contributed by atoms with van der Waals surface area (Å²) in [6.07, 6.45) is 4.82. The zero-order valence-electron chi connectivity index (χ0n) is 16.7. The van der Waals surface area contributed by atoms with Crippen molar-refractivity contribution < 1.29 is 4.79 Å². The van der Waals surface area contributed by atoms with E-state index in [9.17, 15) is 4.79 Å². The number of guanidine groups is 1. The van der Waals surface area contributed by atoms with Crippen molar-refractivity contribution in [2.45, 2.75) is 32.2 Å². The number of benzene rings is 1. The van der Waals surface area contributed by atoms with Crippen molar-refractivity contribution >= 4 is 58.3 Å². The van der Waals surface area contributed by atoms with Gasteiger partial charge in [0.1, 0.15) is 0 Å². The lowest BCUT2D eigenvalue weighted by Gasteiger charge is -2.32. The summed E-state index contributed by atoms with van der Waals surface area (Å²) < 4.78 is 0. The molecule has 9 heteroatoms. The highest BCUT2D eigenvalue weighted by Crippen LogP contribution is 2.22. The van der Waals surface area contributed by atoms with Crippen LogP contribution in [-0.2, 0) is 11.2 Å². The van der Waals surface area contributed by atoms with Gasteiger partial charge in [0, 0.05) is 54.3 Å². The Morgan fingerprint density at radius 2 is 2.14 bits per heavy atom. The smallest absolute Gasteiger partial charge is 0.231 e. The van der Waals surface area contributed by atoms with E-state index in [-0.39, 0.29) is 29.9 Å². The van der Waals surface area contributed by atoms with Crippen molar-refractivity contribution in [1.82, 2.24) is 20.5 Å². The van der Waals surface area contributed by atoms with E-state index in [2.05, 4.69) is 27.4 Å². The number of nitrogens with zero attached hydrogens (tertiary/aromatic N) is 2. The van der Waals surface area contributed by atoms with Crippen molar-refractivity contribution in [3.63, 3.8) is 0 Å². The molecule has 0 bridgehead atoms. The minimum atomic E-state index is -0.264. The van der Waals surface area contributed by atoms with Crippen LogP contribution < -0.4 is 16.4 Å². The fraction of sp³-hybridized carbons (Fsp3) is 0.500. The van der Waals surface area contributed by atoms with Crippen molar-refractivity contribution in [2.75, 3.05) is 32.7 Å². The SMILES string of the molecule is CCNC(=NCCc1c[nH]c2ccc(Cl)cc12)NC1CCN(CC(N)=O)CC1.I. The summed E-state index contributed by atoms with van der Waals surface area (Å²) >= 11 is 6.13. The maximum absolute atomic E-state index is 11.1. The standard InChI is InChI=1S/C20H29ClN6O.HI/c1-2-23-20(26-16-6-9-27(10-7-16)13-19(22)28)24-8-5-14-12-25-18-4-3-15(21)11-17(14)18;/h3-4,11-12,16,25H,2,5-10,13H2,1H3,(H2,22,28)(H2,23,24,26);1H. The van der Waals surface area contributed by atoms with E-state index >= 15 is 0 Å². The van der Waals surface area contributed by atoms with Crippen LogP contribution in [0.3, 0.4) is 0 Å². The number of H-pyrrole nitrogens is 1. The van der Waals surface area contributed by atoms with Crippen LogP contribution in [0.5, 0.6) is 0 Å². The maximum Gasteiger partial charge on any atom is 0.231 e. The van der Waals surface area contributed by atoms with Gasteiger partial charge in [0.05, 0.1) is 6.54 Å². The van der Waals surface area contributed by atoms with Crippen LogP contribution in [0.15, 0.2) is 29.4 Å². The van der Waals surface area contributed by atoms with E-state index in [1.165, 1.54) is 5.56 Å². The molecule has 0 atom stereocenters. The van der Waals surface area contributed by atoms with Crippen LogP contribution in [0.25, 0.3) is 10.9 Å². The molecule has 7 nitrogen and oxygen atoms in total. The van der Waals surface area contributed by atoms with E-state index in [1.54, 1.807) is 0 Å². The summed E-state index contributed by atoms with van der Waals surface area (Å²) in [6, 6.07) is 6.24. The zero-order valence-corrected chi connectivity index (χ0v) is 19.8. The molecule has 0 unspecified atom stereocenters. The molecule has 29 heavy (non-hydrogen) atoms. The van der Waals surface area contributed by atoms with Crippen LogP contribution in [0.2, 0.25) is 5.02 Å². The normalized spacial score (nSPS) is 15.9. The van der Waals surface area contributed by atoms with Gasteiger partial charge in [-0.05, 0) is 49.9 Å². The number of hydrogen-bond acceptors (Lipinski definition) is 3. The molecule has 0 saturated carbocycles. The van der Waals surface area contributed by atoms with Gasteiger partial charge in [0.25, 0.3) is 0 Å². The van der Waals surface area contributed by atoms with E-state index in [0.29, 0.717) is 19.1 Å². The molecule has 160 valence electrons. The summed E-state index contributed by atoms with van der Waals surface area (Å²) in [7, 11) is 0. The lowest BCUT2D eigenvalue weighted by atomic mass is 10.1. The molecule has 1 aromatic carbocycles. The number of piperidine rings is 1. The Labute approximate surface area is 193 Å². The quantitative estimate of drug-likeness (QED) is 0.250. The molecule has 1 fully saturated rings. The Hall–Kier alpha value is -1.52. The first-order valence-corrected chi connectivity index (χ1v) is 10.2. The topological polar surface area (TPSA) is 98.5 Å². The molecule has 1 aliphatic heterocycles. The minimum Gasteiger partial charge on any atom is -0.369 e. The number of carbonyl (C=O) groups excluding carboxylic acids is 1. The average Bonchev–Trinajstić information content (AvgIpc) is 3.05. The number of aromatic amines is 1. The Morgan fingerprint density at radius 3 is 2.83 bits per heavy atom. The third-order valence-electron chi connectivity index (χ3n) is 5.03. The van der Waals surface area contributed by atoms with Crippen molar-refractivity contribution in [3.8, 4) is 0 Å². The van der Waals surface area contributed by atoms with Gasteiger partial charge in [0.15, 0.2) is 5.96 Å². The number of rotatable bonds is 7. The second-order valence-corrected chi connectivity index (χ2v) is 7.61. The molecular weight excluding hydrogens is 503 g/mol. The Kier molecular flexibility index (Phi) is 9.51. The monoisotopic (exact) mass is 532 g/mol. The number of aromatic nitrogens is 1. The van der Waals surface area contributed by atoms with Crippen LogP contribution >= 0.6 is 35.6 Å². The number of nitrogens with one attached hydrogen (secondary N) is 3. The highest BCUT2D eigenvalue weighted by atomic mass is 127. The molecule has 3 rings (SSSR count). The van der Waals surface area contributed by atoms with E-state index in [4.69, 9.17) is 22.3 Å². The predicted octanol–water partition coefficient (Wildman–Crippen LogP) is 2.49. The van der Waals surface area contributed by atoms with Crippen LogP contribution in [0.4, 0.5) is 0 Å². The van der Waals surface area contributed by atoms with Crippen LogP contribution in [0, 0.1) is 0 Å². The van der Waals surface area contributed by atoms with Gasteiger partial charge in [-0.3, -0.25) is 14.7 Å². The van der Waals surface area contributed by atoms with Gasteiger partial charge in [-0.1, -0.05) is 11.6 Å². The van der Waals surface area contributed by atoms with Gasteiger partial charge >= 0.3 is 0 Å². The average molecular weight is 533 g/mol.